The number of benzene rings is 1. The molecule has 5 nitrogen and oxygen atoms in total. The van der Waals surface area contributed by atoms with Gasteiger partial charge in [0.1, 0.15) is 0 Å². The normalized spacial score (nSPS) is 20.0. The summed E-state index contributed by atoms with van der Waals surface area (Å²) in [6.07, 6.45) is 3.22. The van der Waals surface area contributed by atoms with Crippen molar-refractivity contribution in [1.29, 1.82) is 0 Å². The minimum Gasteiger partial charge on any atom is -0.390 e. The Balaban J connectivity index is 2.28. The Morgan fingerprint density at radius 1 is 1.48 bits per heavy atom. The van der Waals surface area contributed by atoms with Crippen molar-refractivity contribution in [2.45, 2.75) is 26.5 Å². The fraction of sp³-hybridized carbons (Fsp3) is 0.333. The molecule has 3 rings (SSSR count). The van der Waals surface area contributed by atoms with Crippen LogP contribution in [-0.2, 0) is 11.4 Å². The highest BCUT2D eigenvalue weighted by Crippen LogP contribution is 2.47. The number of imidazole rings is 1. The molecule has 1 unspecified atom stereocenters. The molecule has 6 heteroatoms. The third-order valence-electron chi connectivity index (χ3n) is 4.03. The summed E-state index contributed by atoms with van der Waals surface area (Å²) in [6, 6.07) is 5.12. The van der Waals surface area contributed by atoms with Crippen LogP contribution in [0.2, 0.25) is 5.02 Å². The fourth-order valence-electron chi connectivity index (χ4n) is 2.87. The number of nitrogens with zero attached hydrogens (tertiary/aromatic N) is 2. The van der Waals surface area contributed by atoms with Crippen LogP contribution in [0.25, 0.3) is 0 Å². The van der Waals surface area contributed by atoms with Gasteiger partial charge in [-0.1, -0.05) is 17.7 Å². The van der Waals surface area contributed by atoms with Crippen molar-refractivity contribution >= 4 is 23.2 Å². The Hall–Kier alpha value is -1.85. The molecule has 2 heterocycles. The molecule has 0 fully saturated rings. The van der Waals surface area contributed by atoms with Crippen LogP contribution in [0.1, 0.15) is 31.1 Å². The van der Waals surface area contributed by atoms with Gasteiger partial charge in [0, 0.05) is 16.3 Å². The molecule has 21 heavy (non-hydrogen) atoms. The van der Waals surface area contributed by atoms with E-state index in [1.165, 1.54) is 0 Å². The number of aliphatic hydroxyl groups is 1. The van der Waals surface area contributed by atoms with E-state index in [4.69, 9.17) is 11.6 Å². The summed E-state index contributed by atoms with van der Waals surface area (Å²) in [5.74, 6) is -0.0835. The Morgan fingerprint density at radius 3 is 2.95 bits per heavy atom. The van der Waals surface area contributed by atoms with Gasteiger partial charge in [-0.25, -0.2) is 4.98 Å². The molecule has 1 aliphatic heterocycles. The first-order valence-corrected chi connectivity index (χ1v) is 7.06. The molecule has 0 bridgehead atoms. The predicted molar refractivity (Wildman–Crippen MR) is 80.2 cm³/mol. The fourth-order valence-corrected chi connectivity index (χ4v) is 3.14. The van der Waals surface area contributed by atoms with Gasteiger partial charge in [0.2, 0.25) is 5.91 Å². The van der Waals surface area contributed by atoms with Crippen molar-refractivity contribution in [3.63, 3.8) is 0 Å². The maximum atomic E-state index is 12.4. The summed E-state index contributed by atoms with van der Waals surface area (Å²) in [5.41, 5.74) is 1.47. The molecule has 2 N–H and O–H groups in total. The van der Waals surface area contributed by atoms with Crippen LogP contribution in [0.5, 0.6) is 0 Å². The first-order valence-electron chi connectivity index (χ1n) is 6.68. The summed E-state index contributed by atoms with van der Waals surface area (Å²) in [5, 5.41) is 13.0. The Morgan fingerprint density at radius 2 is 2.24 bits per heavy atom. The summed E-state index contributed by atoms with van der Waals surface area (Å²) >= 11 is 6.38. The molecule has 1 atom stereocenters. The number of carbonyl (C=O) groups excluding carboxylic acids is 1. The number of aliphatic hydroxyl groups excluding tert-OH is 1. The molecule has 0 radical (unpaired) electrons. The van der Waals surface area contributed by atoms with Crippen molar-refractivity contribution in [2.24, 2.45) is 5.41 Å². The minimum atomic E-state index is -0.720. The van der Waals surface area contributed by atoms with Crippen LogP contribution in [-0.4, -0.2) is 20.6 Å². The van der Waals surface area contributed by atoms with Gasteiger partial charge in [-0.15, -0.1) is 0 Å². The van der Waals surface area contributed by atoms with E-state index in [0.717, 1.165) is 5.56 Å². The third-order valence-corrected chi connectivity index (χ3v) is 4.36. The van der Waals surface area contributed by atoms with Crippen LogP contribution >= 0.6 is 11.6 Å². The van der Waals surface area contributed by atoms with Gasteiger partial charge < -0.3 is 15.0 Å². The number of amides is 1. The second kappa shape index (κ2) is 4.86. The lowest BCUT2D eigenvalue weighted by molar-refractivity contribution is -0.126. The lowest BCUT2D eigenvalue weighted by Crippen LogP contribution is -2.44. The summed E-state index contributed by atoms with van der Waals surface area (Å²) in [6.45, 7) is 3.58. The van der Waals surface area contributed by atoms with Crippen molar-refractivity contribution in [3.05, 3.63) is 47.0 Å². The van der Waals surface area contributed by atoms with E-state index in [1.807, 2.05) is 24.5 Å². The second-order valence-electron chi connectivity index (χ2n) is 5.73. The lowest BCUT2D eigenvalue weighted by Gasteiger charge is -2.40. The molecule has 1 aromatic carbocycles. The number of rotatable bonds is 2. The van der Waals surface area contributed by atoms with Crippen LogP contribution in [0, 0.1) is 5.41 Å². The molecule has 0 spiro atoms. The van der Waals surface area contributed by atoms with Crippen LogP contribution in [0.4, 0.5) is 5.69 Å². The molecule has 0 saturated carbocycles. The molecule has 2 aromatic rings. The number of aromatic nitrogens is 2. The molecule has 1 aliphatic rings. The molecule has 0 aliphatic carbocycles. The average molecular weight is 306 g/mol. The number of nitrogens with one attached hydrogen (secondary N) is 1. The number of hydrogen-bond acceptors (Lipinski definition) is 3. The van der Waals surface area contributed by atoms with Crippen LogP contribution in [0.15, 0.2) is 30.7 Å². The molecule has 1 aromatic heterocycles. The zero-order chi connectivity index (χ0) is 15.2. The summed E-state index contributed by atoms with van der Waals surface area (Å²) in [7, 11) is 0. The van der Waals surface area contributed by atoms with Crippen molar-refractivity contribution in [2.75, 3.05) is 5.32 Å². The van der Waals surface area contributed by atoms with Gasteiger partial charge in [0.05, 0.1) is 36.3 Å². The molecule has 0 saturated heterocycles. The topological polar surface area (TPSA) is 67.2 Å². The molecule has 1 amide bonds. The van der Waals surface area contributed by atoms with Gasteiger partial charge in [-0.3, -0.25) is 4.79 Å². The molecule has 110 valence electrons. The van der Waals surface area contributed by atoms with E-state index in [-0.39, 0.29) is 18.6 Å². The number of hydrogen-bond donors (Lipinski definition) is 2. The van der Waals surface area contributed by atoms with Crippen molar-refractivity contribution in [3.8, 4) is 0 Å². The summed E-state index contributed by atoms with van der Waals surface area (Å²) < 4.78 is 1.82. The number of halogens is 1. The SMILES string of the molecule is CC1(C)C(=O)Nc2cccc(Cl)c2C1n1cncc1CO. The Kier molecular flexibility index (Phi) is 3.26. The minimum absolute atomic E-state index is 0.0835. The summed E-state index contributed by atoms with van der Waals surface area (Å²) in [4.78, 5) is 16.5. The van der Waals surface area contributed by atoms with E-state index >= 15 is 0 Å². The van der Waals surface area contributed by atoms with E-state index in [2.05, 4.69) is 10.3 Å². The standard InChI is InChI=1S/C15H16ClN3O2/c1-15(2)13(19-8-17-6-9(19)7-20)12-10(16)4-3-5-11(12)18-14(15)21/h3-6,8,13,20H,7H2,1-2H3,(H,18,21). The van der Waals surface area contributed by atoms with Gasteiger partial charge in [-0.2, -0.15) is 0 Å². The van der Waals surface area contributed by atoms with E-state index in [0.29, 0.717) is 16.4 Å². The van der Waals surface area contributed by atoms with E-state index < -0.39 is 5.41 Å². The predicted octanol–water partition coefficient (Wildman–Crippen LogP) is 2.60. The first-order chi connectivity index (χ1) is 9.96. The van der Waals surface area contributed by atoms with Gasteiger partial charge in [0.15, 0.2) is 0 Å². The third kappa shape index (κ3) is 2.04. The van der Waals surface area contributed by atoms with Crippen molar-refractivity contribution < 1.29 is 9.90 Å². The zero-order valence-corrected chi connectivity index (χ0v) is 12.6. The van der Waals surface area contributed by atoms with E-state index in [9.17, 15) is 9.90 Å². The smallest absolute Gasteiger partial charge is 0.232 e. The highest BCUT2D eigenvalue weighted by Gasteiger charge is 2.45. The van der Waals surface area contributed by atoms with Crippen LogP contribution < -0.4 is 5.32 Å². The highest BCUT2D eigenvalue weighted by molar-refractivity contribution is 6.32. The maximum Gasteiger partial charge on any atom is 0.232 e. The lowest BCUT2D eigenvalue weighted by atomic mass is 9.76. The van der Waals surface area contributed by atoms with E-state index in [1.54, 1.807) is 24.7 Å². The Bertz CT molecular complexity index is 709. The number of carbonyl (C=O) groups is 1. The monoisotopic (exact) mass is 305 g/mol. The average Bonchev–Trinajstić information content (AvgIpc) is 2.89. The second-order valence-corrected chi connectivity index (χ2v) is 6.14. The Labute approximate surface area is 127 Å². The number of fused-ring (bicyclic) bond motifs is 1. The zero-order valence-electron chi connectivity index (χ0n) is 11.8. The molecular formula is C15H16ClN3O2. The number of anilines is 1. The highest BCUT2D eigenvalue weighted by atomic mass is 35.5. The quantitative estimate of drug-likeness (QED) is 0.896. The van der Waals surface area contributed by atoms with Crippen LogP contribution in [0.3, 0.4) is 0 Å². The van der Waals surface area contributed by atoms with Gasteiger partial charge in [-0.05, 0) is 26.0 Å². The van der Waals surface area contributed by atoms with Gasteiger partial charge in [0.25, 0.3) is 0 Å². The first kappa shape index (κ1) is 14.1. The van der Waals surface area contributed by atoms with Gasteiger partial charge >= 0.3 is 0 Å². The maximum absolute atomic E-state index is 12.4. The molecular weight excluding hydrogens is 290 g/mol. The van der Waals surface area contributed by atoms with Crippen molar-refractivity contribution in [1.82, 2.24) is 9.55 Å². The largest absolute Gasteiger partial charge is 0.390 e.